The van der Waals surface area contributed by atoms with Crippen molar-refractivity contribution in [1.29, 1.82) is 0 Å². The second-order valence-electron chi connectivity index (χ2n) is 3.54. The third-order valence-electron chi connectivity index (χ3n) is 2.67. The summed E-state index contributed by atoms with van der Waals surface area (Å²) in [6.45, 7) is 3.08. The molecule has 1 fully saturated rings. The Morgan fingerprint density at radius 1 is 1.55 bits per heavy atom. The number of hydrogen-bond donors (Lipinski definition) is 1. The highest BCUT2D eigenvalue weighted by atomic mass is 15.2. The summed E-state index contributed by atoms with van der Waals surface area (Å²) in [7, 11) is 2.24. The summed E-state index contributed by atoms with van der Waals surface area (Å²) in [5.74, 6) is 0. The molecule has 0 saturated heterocycles. The lowest BCUT2D eigenvalue weighted by Gasteiger charge is -2.26. The van der Waals surface area contributed by atoms with E-state index in [2.05, 4.69) is 18.9 Å². The van der Waals surface area contributed by atoms with Crippen molar-refractivity contribution in [2.24, 2.45) is 5.73 Å². The van der Waals surface area contributed by atoms with Gasteiger partial charge in [-0.05, 0) is 39.3 Å². The Kier molecular flexibility index (Phi) is 3.34. The Morgan fingerprint density at radius 3 is 2.55 bits per heavy atom. The molecule has 0 aromatic heterocycles. The molecule has 0 amide bonds. The molecule has 1 aliphatic rings. The van der Waals surface area contributed by atoms with E-state index in [4.69, 9.17) is 5.73 Å². The molecule has 0 radical (unpaired) electrons. The number of nitrogens with zero attached hydrogens (tertiary/aromatic N) is 1. The Balaban J connectivity index is 2.26. The Morgan fingerprint density at radius 2 is 2.18 bits per heavy atom. The van der Waals surface area contributed by atoms with Crippen LogP contribution in [0.4, 0.5) is 0 Å². The molecule has 0 aliphatic heterocycles. The summed E-state index contributed by atoms with van der Waals surface area (Å²) < 4.78 is 0. The molecule has 1 rings (SSSR count). The van der Waals surface area contributed by atoms with Gasteiger partial charge in [0.15, 0.2) is 0 Å². The maximum absolute atomic E-state index is 5.54. The van der Waals surface area contributed by atoms with Gasteiger partial charge in [-0.2, -0.15) is 0 Å². The molecule has 1 aliphatic carbocycles. The van der Waals surface area contributed by atoms with E-state index in [0.717, 1.165) is 25.0 Å². The molecule has 2 N–H and O–H groups in total. The van der Waals surface area contributed by atoms with Crippen LogP contribution in [0.25, 0.3) is 0 Å². The standard InChI is InChI=1S/C9H20N2/c1-3-8(6-7-10)11(2)9-4-5-9/h8-9H,3-7,10H2,1-2H3. The van der Waals surface area contributed by atoms with E-state index in [9.17, 15) is 0 Å². The first-order valence-corrected chi connectivity index (χ1v) is 4.71. The summed E-state index contributed by atoms with van der Waals surface area (Å²) in [5, 5.41) is 0. The zero-order chi connectivity index (χ0) is 8.27. The van der Waals surface area contributed by atoms with Gasteiger partial charge < -0.3 is 10.6 Å². The molecular formula is C9H20N2. The second kappa shape index (κ2) is 4.07. The topological polar surface area (TPSA) is 29.3 Å². The van der Waals surface area contributed by atoms with Gasteiger partial charge in [0.2, 0.25) is 0 Å². The fraction of sp³-hybridized carbons (Fsp3) is 1.00. The molecule has 0 aromatic carbocycles. The summed E-state index contributed by atoms with van der Waals surface area (Å²) in [4.78, 5) is 2.51. The third-order valence-corrected chi connectivity index (χ3v) is 2.67. The predicted molar refractivity (Wildman–Crippen MR) is 48.5 cm³/mol. The molecule has 0 heterocycles. The quantitative estimate of drug-likeness (QED) is 0.648. The van der Waals surface area contributed by atoms with Crippen molar-refractivity contribution < 1.29 is 0 Å². The van der Waals surface area contributed by atoms with Crippen LogP contribution in [0.5, 0.6) is 0 Å². The summed E-state index contributed by atoms with van der Waals surface area (Å²) in [6, 6.07) is 1.61. The van der Waals surface area contributed by atoms with Crippen LogP contribution in [-0.4, -0.2) is 30.6 Å². The molecule has 66 valence electrons. The van der Waals surface area contributed by atoms with Gasteiger partial charge in [0.25, 0.3) is 0 Å². The third kappa shape index (κ3) is 2.46. The lowest BCUT2D eigenvalue weighted by molar-refractivity contribution is 0.217. The average Bonchev–Trinajstić information content (AvgIpc) is 2.81. The zero-order valence-electron chi connectivity index (χ0n) is 7.71. The number of rotatable bonds is 5. The SMILES string of the molecule is CCC(CCN)N(C)C1CC1. The Hall–Kier alpha value is -0.0800. The maximum Gasteiger partial charge on any atom is 0.0104 e. The highest BCUT2D eigenvalue weighted by Gasteiger charge is 2.29. The van der Waals surface area contributed by atoms with Crippen molar-refractivity contribution in [3.05, 3.63) is 0 Å². The molecule has 0 spiro atoms. The van der Waals surface area contributed by atoms with Crippen LogP contribution in [0.1, 0.15) is 32.6 Å². The van der Waals surface area contributed by atoms with Crippen LogP contribution in [0.15, 0.2) is 0 Å². The Bertz CT molecular complexity index is 110. The molecule has 0 bridgehead atoms. The fourth-order valence-electron chi connectivity index (χ4n) is 1.67. The average molecular weight is 156 g/mol. The van der Waals surface area contributed by atoms with Crippen LogP contribution in [-0.2, 0) is 0 Å². The first-order chi connectivity index (χ1) is 5.29. The number of hydrogen-bond acceptors (Lipinski definition) is 2. The molecule has 1 saturated carbocycles. The van der Waals surface area contributed by atoms with Crippen LogP contribution >= 0.6 is 0 Å². The van der Waals surface area contributed by atoms with Gasteiger partial charge in [0.05, 0.1) is 0 Å². The van der Waals surface area contributed by atoms with Crippen molar-refractivity contribution in [3.63, 3.8) is 0 Å². The van der Waals surface area contributed by atoms with Gasteiger partial charge in [-0.1, -0.05) is 6.92 Å². The van der Waals surface area contributed by atoms with Crippen molar-refractivity contribution in [1.82, 2.24) is 4.90 Å². The van der Waals surface area contributed by atoms with E-state index in [-0.39, 0.29) is 0 Å². The van der Waals surface area contributed by atoms with Crippen LogP contribution in [0.2, 0.25) is 0 Å². The first-order valence-electron chi connectivity index (χ1n) is 4.71. The molecule has 0 aromatic rings. The molecule has 2 heteroatoms. The van der Waals surface area contributed by atoms with Crippen LogP contribution in [0, 0.1) is 0 Å². The largest absolute Gasteiger partial charge is 0.330 e. The minimum atomic E-state index is 0.729. The molecule has 11 heavy (non-hydrogen) atoms. The summed E-state index contributed by atoms with van der Waals surface area (Å²) in [6.07, 6.45) is 5.20. The highest BCUT2D eigenvalue weighted by molar-refractivity contribution is 4.86. The summed E-state index contributed by atoms with van der Waals surface area (Å²) >= 11 is 0. The van der Waals surface area contributed by atoms with E-state index in [1.165, 1.54) is 19.3 Å². The van der Waals surface area contributed by atoms with E-state index in [1.807, 2.05) is 0 Å². The van der Waals surface area contributed by atoms with E-state index in [0.29, 0.717) is 0 Å². The van der Waals surface area contributed by atoms with Crippen molar-refractivity contribution in [2.45, 2.75) is 44.7 Å². The summed E-state index contributed by atoms with van der Waals surface area (Å²) in [5.41, 5.74) is 5.54. The van der Waals surface area contributed by atoms with Crippen molar-refractivity contribution >= 4 is 0 Å². The van der Waals surface area contributed by atoms with Crippen molar-refractivity contribution in [2.75, 3.05) is 13.6 Å². The minimum absolute atomic E-state index is 0.729. The van der Waals surface area contributed by atoms with Gasteiger partial charge in [-0.25, -0.2) is 0 Å². The first kappa shape index (κ1) is 9.01. The monoisotopic (exact) mass is 156 g/mol. The molecular weight excluding hydrogens is 136 g/mol. The normalized spacial score (nSPS) is 20.7. The van der Waals surface area contributed by atoms with E-state index in [1.54, 1.807) is 0 Å². The van der Waals surface area contributed by atoms with Crippen LogP contribution in [0.3, 0.4) is 0 Å². The van der Waals surface area contributed by atoms with Gasteiger partial charge in [-0.3, -0.25) is 0 Å². The zero-order valence-corrected chi connectivity index (χ0v) is 7.71. The van der Waals surface area contributed by atoms with Gasteiger partial charge in [0.1, 0.15) is 0 Å². The van der Waals surface area contributed by atoms with E-state index >= 15 is 0 Å². The maximum atomic E-state index is 5.54. The van der Waals surface area contributed by atoms with Gasteiger partial charge in [-0.15, -0.1) is 0 Å². The molecule has 2 nitrogen and oxygen atoms in total. The second-order valence-corrected chi connectivity index (χ2v) is 3.54. The minimum Gasteiger partial charge on any atom is -0.330 e. The molecule has 1 unspecified atom stereocenters. The van der Waals surface area contributed by atoms with Crippen molar-refractivity contribution in [3.8, 4) is 0 Å². The van der Waals surface area contributed by atoms with Crippen LogP contribution < -0.4 is 5.73 Å². The lowest BCUT2D eigenvalue weighted by Crippen LogP contribution is -2.34. The smallest absolute Gasteiger partial charge is 0.0104 e. The predicted octanol–water partition coefficient (Wildman–Crippen LogP) is 1.21. The van der Waals surface area contributed by atoms with Gasteiger partial charge >= 0.3 is 0 Å². The fourth-order valence-corrected chi connectivity index (χ4v) is 1.67. The Labute approximate surface area is 69.8 Å². The number of nitrogens with two attached hydrogens (primary N) is 1. The van der Waals surface area contributed by atoms with E-state index < -0.39 is 0 Å². The lowest BCUT2D eigenvalue weighted by atomic mass is 10.1. The van der Waals surface area contributed by atoms with Gasteiger partial charge in [0, 0.05) is 12.1 Å². The molecule has 1 atom stereocenters. The highest BCUT2D eigenvalue weighted by Crippen LogP contribution is 2.28.